The smallest absolute Gasteiger partial charge is 0.338 e. The maximum atomic E-state index is 14.4. The van der Waals surface area contributed by atoms with Gasteiger partial charge in [0.05, 0.1) is 5.56 Å². The minimum Gasteiger partial charge on any atom is -0.471 e. The fourth-order valence-corrected chi connectivity index (χ4v) is 4.04. The van der Waals surface area contributed by atoms with E-state index in [1.54, 1.807) is 0 Å². The van der Waals surface area contributed by atoms with E-state index in [0.29, 0.717) is 18.8 Å². The molecule has 1 aromatic carbocycles. The third-order valence-corrected chi connectivity index (χ3v) is 6.00. The third kappa shape index (κ3) is 6.18. The maximum absolute atomic E-state index is 14.4. The van der Waals surface area contributed by atoms with Gasteiger partial charge in [-0.05, 0) is 56.7 Å². The molecule has 0 aromatic heterocycles. The van der Waals surface area contributed by atoms with Crippen LogP contribution in [0, 0.1) is 23.6 Å². The lowest BCUT2D eigenvalue weighted by Crippen LogP contribution is -2.31. The van der Waals surface area contributed by atoms with E-state index in [1.807, 2.05) is 0 Å². The molecular weight excluding hydrogens is 399 g/mol. The van der Waals surface area contributed by atoms with Gasteiger partial charge in [0.15, 0.2) is 17.2 Å². The molecule has 0 atom stereocenters. The Balaban J connectivity index is 1.73. The summed E-state index contributed by atoms with van der Waals surface area (Å²) < 4.78 is 55.3. The van der Waals surface area contributed by atoms with Crippen LogP contribution in [0.2, 0.25) is 0 Å². The minimum atomic E-state index is -4.23. The molecule has 2 fully saturated rings. The lowest BCUT2D eigenvalue weighted by atomic mass is 10.00. The predicted molar refractivity (Wildman–Crippen MR) is 105 cm³/mol. The Labute approximate surface area is 170 Å². The molecule has 6 nitrogen and oxygen atoms in total. The molecule has 3 rings (SSSR count). The Hall–Kier alpha value is -2.11. The minimum absolute atomic E-state index is 0.0358. The van der Waals surface area contributed by atoms with Gasteiger partial charge >= 0.3 is 5.97 Å². The van der Waals surface area contributed by atoms with E-state index in [-0.39, 0.29) is 11.3 Å². The number of rotatable bonds is 6. The topological polar surface area (TPSA) is 89.9 Å². The standard InChI is InChI=1S/C21H25FO6S/c22-18-8-7-17(20(23)27-13-14-29(24,25)26)15-19(18)28-21(10-3-4-11-21)12-9-16-5-1-2-6-16/h7-8,15-16H,1-6,10-11,13-14H2,(H,24,25,26). The molecule has 29 heavy (non-hydrogen) atoms. The van der Waals surface area contributed by atoms with E-state index >= 15 is 0 Å². The highest BCUT2D eigenvalue weighted by atomic mass is 32.2. The van der Waals surface area contributed by atoms with E-state index < -0.39 is 39.9 Å². The summed E-state index contributed by atoms with van der Waals surface area (Å²) in [4.78, 5) is 12.1. The Kier molecular flexibility index (Phi) is 6.81. The highest BCUT2D eigenvalue weighted by Crippen LogP contribution is 2.36. The summed E-state index contributed by atoms with van der Waals surface area (Å²) in [7, 11) is -4.23. The molecule has 0 aliphatic heterocycles. The van der Waals surface area contributed by atoms with Crippen molar-refractivity contribution in [1.29, 1.82) is 0 Å². The van der Waals surface area contributed by atoms with Crippen LogP contribution in [0.3, 0.4) is 0 Å². The molecule has 1 aromatic rings. The van der Waals surface area contributed by atoms with Gasteiger partial charge in [-0.2, -0.15) is 8.42 Å². The van der Waals surface area contributed by atoms with Crippen LogP contribution in [-0.2, 0) is 14.9 Å². The van der Waals surface area contributed by atoms with Gasteiger partial charge in [-0.15, -0.1) is 0 Å². The van der Waals surface area contributed by atoms with Gasteiger partial charge in [-0.25, -0.2) is 9.18 Å². The van der Waals surface area contributed by atoms with Crippen molar-refractivity contribution in [1.82, 2.24) is 0 Å². The number of carbonyl (C=O) groups is 1. The number of hydrogen-bond donors (Lipinski definition) is 1. The van der Waals surface area contributed by atoms with Crippen LogP contribution in [0.1, 0.15) is 61.7 Å². The molecule has 2 aliphatic rings. The molecule has 8 heteroatoms. The van der Waals surface area contributed by atoms with Crippen LogP contribution in [0.15, 0.2) is 18.2 Å². The summed E-state index contributed by atoms with van der Waals surface area (Å²) in [6.07, 6.45) is 7.83. The number of ether oxygens (including phenoxy) is 2. The summed E-state index contributed by atoms with van der Waals surface area (Å²) in [6.45, 7) is -0.498. The van der Waals surface area contributed by atoms with Crippen molar-refractivity contribution in [2.24, 2.45) is 5.92 Å². The summed E-state index contributed by atoms with van der Waals surface area (Å²) in [5.41, 5.74) is -0.717. The Morgan fingerprint density at radius 2 is 1.90 bits per heavy atom. The molecule has 0 radical (unpaired) electrons. The van der Waals surface area contributed by atoms with Crippen molar-refractivity contribution in [2.45, 2.75) is 57.0 Å². The monoisotopic (exact) mass is 424 g/mol. The summed E-state index contributed by atoms with van der Waals surface area (Å²) in [6, 6.07) is 3.60. The van der Waals surface area contributed by atoms with Crippen LogP contribution >= 0.6 is 0 Å². The van der Waals surface area contributed by atoms with Crippen LogP contribution in [0.4, 0.5) is 4.39 Å². The normalized spacial score (nSPS) is 18.8. The molecule has 0 amide bonds. The predicted octanol–water partition coefficient (Wildman–Crippen LogP) is 3.76. The quantitative estimate of drug-likeness (QED) is 0.425. The van der Waals surface area contributed by atoms with Crippen molar-refractivity contribution in [3.05, 3.63) is 29.6 Å². The van der Waals surface area contributed by atoms with E-state index in [9.17, 15) is 17.6 Å². The Morgan fingerprint density at radius 3 is 2.55 bits per heavy atom. The van der Waals surface area contributed by atoms with Crippen molar-refractivity contribution in [3.8, 4) is 17.6 Å². The highest BCUT2D eigenvalue weighted by Gasteiger charge is 2.35. The number of esters is 1. The largest absolute Gasteiger partial charge is 0.471 e. The molecule has 0 bridgehead atoms. The number of benzene rings is 1. The van der Waals surface area contributed by atoms with Crippen LogP contribution in [0.25, 0.3) is 0 Å². The van der Waals surface area contributed by atoms with Gasteiger partial charge < -0.3 is 9.47 Å². The first kappa shape index (κ1) is 21.6. The van der Waals surface area contributed by atoms with E-state index in [4.69, 9.17) is 14.0 Å². The molecular formula is C21H25FO6S. The summed E-state index contributed by atoms with van der Waals surface area (Å²) >= 11 is 0. The van der Waals surface area contributed by atoms with Gasteiger partial charge in [0.1, 0.15) is 12.4 Å². The molecule has 0 heterocycles. The van der Waals surface area contributed by atoms with E-state index in [0.717, 1.165) is 31.7 Å². The molecule has 158 valence electrons. The second-order valence-corrected chi connectivity index (χ2v) is 9.19. The Bertz CT molecular complexity index is 903. The van der Waals surface area contributed by atoms with Gasteiger partial charge in [0.25, 0.3) is 10.1 Å². The molecule has 0 saturated heterocycles. The van der Waals surface area contributed by atoms with Crippen LogP contribution in [0.5, 0.6) is 5.75 Å². The number of carbonyl (C=O) groups excluding carboxylic acids is 1. The van der Waals surface area contributed by atoms with Crippen molar-refractivity contribution in [3.63, 3.8) is 0 Å². The first-order valence-electron chi connectivity index (χ1n) is 9.90. The van der Waals surface area contributed by atoms with Gasteiger partial charge in [-0.3, -0.25) is 4.55 Å². The van der Waals surface area contributed by atoms with Crippen LogP contribution < -0.4 is 4.74 Å². The molecule has 0 unspecified atom stereocenters. The lowest BCUT2D eigenvalue weighted by molar-refractivity contribution is 0.0526. The summed E-state index contributed by atoms with van der Waals surface area (Å²) in [5.74, 6) is 4.74. The van der Waals surface area contributed by atoms with Crippen molar-refractivity contribution >= 4 is 16.1 Å². The van der Waals surface area contributed by atoms with Crippen LogP contribution in [-0.4, -0.2) is 36.9 Å². The second kappa shape index (κ2) is 9.14. The first-order chi connectivity index (χ1) is 13.8. The fraction of sp³-hybridized carbons (Fsp3) is 0.571. The third-order valence-electron chi connectivity index (χ3n) is 5.32. The molecule has 0 spiro atoms. The summed E-state index contributed by atoms with van der Waals surface area (Å²) in [5, 5.41) is 0. The SMILES string of the molecule is O=C(OCCS(=O)(=O)O)c1ccc(F)c(OC2(C#CC3CCCC3)CCCC2)c1. The first-order valence-corrected chi connectivity index (χ1v) is 11.5. The van der Waals surface area contributed by atoms with Gasteiger partial charge in [0.2, 0.25) is 0 Å². The lowest BCUT2D eigenvalue weighted by Gasteiger charge is -2.25. The van der Waals surface area contributed by atoms with Gasteiger partial charge in [0, 0.05) is 5.92 Å². The molecule has 2 saturated carbocycles. The second-order valence-electron chi connectivity index (χ2n) is 7.62. The molecule has 2 aliphatic carbocycles. The zero-order valence-corrected chi connectivity index (χ0v) is 17.0. The highest BCUT2D eigenvalue weighted by molar-refractivity contribution is 7.85. The Morgan fingerprint density at radius 1 is 1.21 bits per heavy atom. The van der Waals surface area contributed by atoms with Gasteiger partial charge in [-0.1, -0.05) is 24.7 Å². The van der Waals surface area contributed by atoms with Crippen molar-refractivity contribution < 1.29 is 31.6 Å². The number of hydrogen-bond acceptors (Lipinski definition) is 5. The van der Waals surface area contributed by atoms with E-state index in [2.05, 4.69) is 11.8 Å². The zero-order valence-electron chi connectivity index (χ0n) is 16.2. The zero-order chi connectivity index (χ0) is 20.9. The van der Waals surface area contributed by atoms with Crippen molar-refractivity contribution in [2.75, 3.05) is 12.4 Å². The van der Waals surface area contributed by atoms with E-state index in [1.165, 1.54) is 25.0 Å². The molecule has 1 N–H and O–H groups in total. The average molecular weight is 424 g/mol. The maximum Gasteiger partial charge on any atom is 0.338 e. The average Bonchev–Trinajstić information content (AvgIpc) is 3.33. The fourth-order valence-electron chi connectivity index (χ4n) is 3.74. The number of halogens is 1.